The van der Waals surface area contributed by atoms with Crippen LogP contribution in [0.2, 0.25) is 0 Å². The number of hydrogen-bond donors (Lipinski definition) is 1. The lowest BCUT2D eigenvalue weighted by molar-refractivity contribution is -0.132. The third-order valence-electron chi connectivity index (χ3n) is 4.47. The van der Waals surface area contributed by atoms with E-state index in [2.05, 4.69) is 5.32 Å². The average molecular weight is 339 g/mol. The minimum absolute atomic E-state index is 0.0508. The summed E-state index contributed by atoms with van der Waals surface area (Å²) in [4.78, 5) is 39.4. The van der Waals surface area contributed by atoms with Crippen LogP contribution in [0.4, 0.5) is 5.69 Å². The van der Waals surface area contributed by atoms with Crippen molar-refractivity contribution >= 4 is 34.2 Å². The van der Waals surface area contributed by atoms with Crippen LogP contribution >= 0.6 is 0 Å². The first-order valence-corrected chi connectivity index (χ1v) is 8.23. The molecule has 1 heterocycles. The second-order valence-corrected chi connectivity index (χ2v) is 6.41. The highest BCUT2D eigenvalue weighted by atomic mass is 16.2. The Morgan fingerprint density at radius 1 is 1.16 bits per heavy atom. The summed E-state index contributed by atoms with van der Waals surface area (Å²) in [5.41, 5.74) is 0.822. The molecule has 6 heteroatoms. The number of rotatable bonds is 4. The molecule has 1 N–H and O–H groups in total. The zero-order chi connectivity index (χ0) is 18.0. The van der Waals surface area contributed by atoms with Crippen molar-refractivity contribution in [2.75, 3.05) is 32.1 Å². The predicted molar refractivity (Wildman–Crippen MR) is 96.1 cm³/mol. The van der Waals surface area contributed by atoms with Gasteiger partial charge in [-0.25, -0.2) is 0 Å². The molecule has 1 aliphatic heterocycles. The third-order valence-corrected chi connectivity index (χ3v) is 4.47. The molecule has 3 rings (SSSR count). The maximum Gasteiger partial charge on any atom is 0.241 e. The number of likely N-dealkylation sites (N-methyl/N-ethyl adjacent to an activating group) is 1. The zero-order valence-corrected chi connectivity index (χ0v) is 14.4. The lowest BCUT2D eigenvalue weighted by atomic mass is 10.1. The van der Waals surface area contributed by atoms with E-state index in [1.165, 1.54) is 4.90 Å². The second kappa shape index (κ2) is 6.93. The Balaban J connectivity index is 1.74. The molecule has 25 heavy (non-hydrogen) atoms. The van der Waals surface area contributed by atoms with Crippen LogP contribution in [0.3, 0.4) is 0 Å². The van der Waals surface area contributed by atoms with Crippen LogP contribution in [0, 0.1) is 5.92 Å². The van der Waals surface area contributed by atoms with Crippen LogP contribution in [-0.4, -0.2) is 49.8 Å². The standard InChI is InChI=1S/C19H21N3O3/c1-21(2)18(24)11-20-19(25)14-10-17(23)22(12-14)16-9-5-7-13-6-3-4-8-15(13)16/h3-9,14H,10-12H2,1-2H3,(H,20,25)/t14-/m0/s1. The van der Waals surface area contributed by atoms with Crippen molar-refractivity contribution < 1.29 is 14.4 Å². The maximum atomic E-state index is 12.5. The number of carbonyl (C=O) groups excluding carboxylic acids is 3. The van der Waals surface area contributed by atoms with Crippen LogP contribution in [0.15, 0.2) is 42.5 Å². The molecule has 1 saturated heterocycles. The number of benzene rings is 2. The Labute approximate surface area is 146 Å². The lowest BCUT2D eigenvalue weighted by Crippen LogP contribution is -2.39. The molecule has 0 aromatic heterocycles. The molecule has 6 nitrogen and oxygen atoms in total. The topological polar surface area (TPSA) is 69.7 Å². The van der Waals surface area contributed by atoms with E-state index in [0.717, 1.165) is 16.5 Å². The number of nitrogens with zero attached hydrogens (tertiary/aromatic N) is 2. The Kier molecular flexibility index (Phi) is 4.70. The highest BCUT2D eigenvalue weighted by molar-refractivity contribution is 6.07. The summed E-state index contributed by atoms with van der Waals surface area (Å²) in [7, 11) is 3.27. The van der Waals surface area contributed by atoms with Crippen LogP contribution in [0.1, 0.15) is 6.42 Å². The smallest absolute Gasteiger partial charge is 0.241 e. The van der Waals surface area contributed by atoms with E-state index in [1.807, 2.05) is 42.5 Å². The molecule has 0 unspecified atom stereocenters. The summed E-state index contributed by atoms with van der Waals surface area (Å²) in [5, 5.41) is 4.67. The first-order valence-electron chi connectivity index (χ1n) is 8.23. The normalized spacial score (nSPS) is 17.0. The summed E-state index contributed by atoms with van der Waals surface area (Å²) in [6.07, 6.45) is 0.158. The quantitative estimate of drug-likeness (QED) is 0.915. The first kappa shape index (κ1) is 17.0. The minimum atomic E-state index is -0.443. The first-order chi connectivity index (χ1) is 12.0. The molecule has 0 radical (unpaired) electrons. The molecule has 2 aromatic carbocycles. The van der Waals surface area contributed by atoms with Crippen molar-refractivity contribution in [3.05, 3.63) is 42.5 Å². The number of anilines is 1. The summed E-state index contributed by atoms with van der Waals surface area (Å²) >= 11 is 0. The Bertz CT molecular complexity index is 826. The Morgan fingerprint density at radius 2 is 1.88 bits per heavy atom. The highest BCUT2D eigenvalue weighted by Gasteiger charge is 2.35. The fourth-order valence-electron chi connectivity index (χ4n) is 3.02. The zero-order valence-electron chi connectivity index (χ0n) is 14.4. The fourth-order valence-corrected chi connectivity index (χ4v) is 3.02. The van der Waals surface area contributed by atoms with Gasteiger partial charge in [0, 0.05) is 32.4 Å². The van der Waals surface area contributed by atoms with Gasteiger partial charge in [0.05, 0.1) is 18.2 Å². The van der Waals surface area contributed by atoms with E-state index in [1.54, 1.807) is 19.0 Å². The predicted octanol–water partition coefficient (Wildman–Crippen LogP) is 1.40. The number of hydrogen-bond acceptors (Lipinski definition) is 3. The van der Waals surface area contributed by atoms with Gasteiger partial charge in [0.25, 0.3) is 0 Å². The largest absolute Gasteiger partial charge is 0.347 e. The van der Waals surface area contributed by atoms with Gasteiger partial charge in [-0.2, -0.15) is 0 Å². The van der Waals surface area contributed by atoms with Gasteiger partial charge in [-0.15, -0.1) is 0 Å². The van der Waals surface area contributed by atoms with Crippen molar-refractivity contribution in [3.63, 3.8) is 0 Å². The van der Waals surface area contributed by atoms with E-state index in [4.69, 9.17) is 0 Å². The van der Waals surface area contributed by atoms with Gasteiger partial charge in [-0.3, -0.25) is 14.4 Å². The van der Waals surface area contributed by atoms with E-state index in [9.17, 15) is 14.4 Å². The molecule has 1 aliphatic rings. The van der Waals surface area contributed by atoms with Crippen molar-refractivity contribution in [1.29, 1.82) is 0 Å². The number of amides is 3. The van der Waals surface area contributed by atoms with Crippen molar-refractivity contribution in [1.82, 2.24) is 10.2 Å². The molecule has 3 amide bonds. The average Bonchev–Trinajstić information content (AvgIpc) is 3.00. The van der Waals surface area contributed by atoms with Crippen LogP contribution < -0.4 is 10.2 Å². The van der Waals surface area contributed by atoms with E-state index >= 15 is 0 Å². The second-order valence-electron chi connectivity index (χ2n) is 6.41. The molecular formula is C19H21N3O3. The monoisotopic (exact) mass is 339 g/mol. The van der Waals surface area contributed by atoms with Crippen LogP contribution in [0.5, 0.6) is 0 Å². The van der Waals surface area contributed by atoms with E-state index in [0.29, 0.717) is 6.54 Å². The molecule has 2 aromatic rings. The molecule has 0 bridgehead atoms. The molecule has 1 fully saturated rings. The summed E-state index contributed by atoms with van der Waals surface area (Å²) in [6, 6.07) is 13.7. The van der Waals surface area contributed by atoms with Crippen molar-refractivity contribution in [2.45, 2.75) is 6.42 Å². The van der Waals surface area contributed by atoms with Gasteiger partial charge in [-0.1, -0.05) is 36.4 Å². The molecule has 0 saturated carbocycles. The third kappa shape index (κ3) is 3.47. The molecule has 1 atom stereocenters. The van der Waals surface area contributed by atoms with Crippen molar-refractivity contribution in [2.24, 2.45) is 5.92 Å². The van der Waals surface area contributed by atoms with E-state index in [-0.39, 0.29) is 30.7 Å². The van der Waals surface area contributed by atoms with Gasteiger partial charge in [0.15, 0.2) is 0 Å². The summed E-state index contributed by atoms with van der Waals surface area (Å²) < 4.78 is 0. The summed E-state index contributed by atoms with van der Waals surface area (Å²) in [5.74, 6) is -0.952. The Hall–Kier alpha value is -2.89. The Morgan fingerprint density at radius 3 is 2.64 bits per heavy atom. The molecule has 0 spiro atoms. The van der Waals surface area contributed by atoms with Crippen LogP contribution in [0.25, 0.3) is 10.8 Å². The summed E-state index contributed by atoms with van der Waals surface area (Å²) in [6.45, 7) is 0.277. The van der Waals surface area contributed by atoms with E-state index < -0.39 is 5.92 Å². The van der Waals surface area contributed by atoms with Gasteiger partial charge in [0.2, 0.25) is 17.7 Å². The number of carbonyl (C=O) groups is 3. The van der Waals surface area contributed by atoms with Gasteiger partial charge < -0.3 is 15.1 Å². The molecule has 130 valence electrons. The maximum absolute atomic E-state index is 12.5. The van der Waals surface area contributed by atoms with Gasteiger partial charge in [-0.05, 0) is 11.5 Å². The number of nitrogens with one attached hydrogen (secondary N) is 1. The van der Waals surface area contributed by atoms with Gasteiger partial charge in [0.1, 0.15) is 0 Å². The molecular weight excluding hydrogens is 318 g/mol. The lowest BCUT2D eigenvalue weighted by Gasteiger charge is -2.19. The highest BCUT2D eigenvalue weighted by Crippen LogP contribution is 2.31. The fraction of sp³-hybridized carbons (Fsp3) is 0.316. The van der Waals surface area contributed by atoms with Gasteiger partial charge >= 0.3 is 0 Å². The molecule has 0 aliphatic carbocycles. The van der Waals surface area contributed by atoms with Crippen LogP contribution in [-0.2, 0) is 14.4 Å². The SMILES string of the molecule is CN(C)C(=O)CNC(=O)[C@H]1CC(=O)N(c2cccc3ccccc23)C1. The van der Waals surface area contributed by atoms with Crippen molar-refractivity contribution in [3.8, 4) is 0 Å². The number of fused-ring (bicyclic) bond motifs is 1. The minimum Gasteiger partial charge on any atom is -0.347 e.